The zero-order valence-electron chi connectivity index (χ0n) is 18.3. The fourth-order valence-electron chi connectivity index (χ4n) is 5.32. The van der Waals surface area contributed by atoms with Crippen molar-refractivity contribution in [2.24, 2.45) is 0 Å². The number of hydrogen-bond donors (Lipinski definition) is 0. The molecule has 30 heavy (non-hydrogen) atoms. The third kappa shape index (κ3) is 3.16. The minimum absolute atomic E-state index is 0.284. The first-order valence-electron chi connectivity index (χ1n) is 10.4. The van der Waals surface area contributed by atoms with Gasteiger partial charge in [0.15, 0.2) is 5.79 Å². The molecule has 0 bridgehead atoms. The van der Waals surface area contributed by atoms with Gasteiger partial charge in [-0.05, 0) is 50.3 Å². The van der Waals surface area contributed by atoms with Crippen LogP contribution in [0.3, 0.4) is 0 Å². The summed E-state index contributed by atoms with van der Waals surface area (Å²) in [5.41, 5.74) is 3.38. The number of ether oxygens (including phenoxy) is 3. The van der Waals surface area contributed by atoms with Gasteiger partial charge in [-0.25, -0.2) is 5.06 Å². The highest BCUT2D eigenvalue weighted by molar-refractivity contribution is 6.23. The monoisotopic (exact) mass is 415 g/mol. The van der Waals surface area contributed by atoms with Gasteiger partial charge >= 0.3 is 5.97 Å². The van der Waals surface area contributed by atoms with Gasteiger partial charge in [0.05, 0.1) is 25.9 Å². The third-order valence-corrected chi connectivity index (χ3v) is 6.44. The van der Waals surface area contributed by atoms with E-state index in [0.717, 1.165) is 22.3 Å². The molecule has 7 nitrogen and oxygen atoms in total. The average Bonchev–Trinajstić information content (AvgIpc) is 3.20. The summed E-state index contributed by atoms with van der Waals surface area (Å²) in [6, 6.07) is 4.07. The van der Waals surface area contributed by atoms with Crippen molar-refractivity contribution in [1.29, 1.82) is 0 Å². The molecule has 0 unspecified atom stereocenters. The summed E-state index contributed by atoms with van der Waals surface area (Å²) >= 11 is 0. The van der Waals surface area contributed by atoms with Crippen LogP contribution in [0.2, 0.25) is 0 Å². The number of esters is 1. The molecule has 1 saturated heterocycles. The summed E-state index contributed by atoms with van der Waals surface area (Å²) in [5, 5.41) is 1.39. The Morgan fingerprint density at radius 2 is 1.60 bits per heavy atom. The molecule has 0 radical (unpaired) electrons. The zero-order valence-corrected chi connectivity index (χ0v) is 18.3. The fraction of sp³-hybridized carbons (Fsp3) is 0.565. The van der Waals surface area contributed by atoms with Gasteiger partial charge in [0.25, 0.3) is 5.91 Å². The maximum atomic E-state index is 13.6. The first-order valence-corrected chi connectivity index (χ1v) is 10.4. The Morgan fingerprint density at radius 1 is 1.03 bits per heavy atom. The Kier molecular flexibility index (Phi) is 5.24. The minimum atomic E-state index is -0.864. The van der Waals surface area contributed by atoms with Crippen molar-refractivity contribution in [2.45, 2.75) is 64.7 Å². The van der Waals surface area contributed by atoms with Gasteiger partial charge in [-0.1, -0.05) is 17.7 Å². The van der Waals surface area contributed by atoms with Crippen molar-refractivity contribution in [3.05, 3.63) is 40.1 Å². The summed E-state index contributed by atoms with van der Waals surface area (Å²) in [4.78, 5) is 31.3. The lowest BCUT2D eigenvalue weighted by Crippen LogP contribution is -2.54. The maximum Gasteiger partial charge on any atom is 0.307 e. The predicted octanol–water partition coefficient (Wildman–Crippen LogP) is 3.35. The van der Waals surface area contributed by atoms with Crippen LogP contribution in [0, 0.1) is 20.8 Å². The van der Waals surface area contributed by atoms with Crippen molar-refractivity contribution < 1.29 is 28.6 Å². The van der Waals surface area contributed by atoms with E-state index in [0.29, 0.717) is 50.2 Å². The van der Waals surface area contributed by atoms with E-state index in [-0.39, 0.29) is 5.91 Å². The van der Waals surface area contributed by atoms with E-state index in [1.807, 2.05) is 32.9 Å². The van der Waals surface area contributed by atoms with Crippen molar-refractivity contribution in [2.75, 3.05) is 20.3 Å². The Morgan fingerprint density at radius 3 is 2.10 bits per heavy atom. The Hall–Kier alpha value is -2.22. The van der Waals surface area contributed by atoms with Gasteiger partial charge in [0.1, 0.15) is 11.3 Å². The molecule has 1 aromatic carbocycles. The zero-order chi connectivity index (χ0) is 21.7. The second-order valence-corrected chi connectivity index (χ2v) is 8.49. The molecule has 7 heteroatoms. The third-order valence-electron chi connectivity index (χ3n) is 6.44. The molecule has 4 rings (SSSR count). The van der Waals surface area contributed by atoms with Gasteiger partial charge in [-0.3, -0.25) is 14.4 Å². The normalized spacial score (nSPS) is 22.4. The topological polar surface area (TPSA) is 74.3 Å². The highest BCUT2D eigenvalue weighted by Crippen LogP contribution is 2.53. The second kappa shape index (κ2) is 7.48. The first kappa shape index (κ1) is 21.0. The number of hydrogen-bond acceptors (Lipinski definition) is 6. The number of carbonyl (C=O) groups excluding carboxylic acids is 2. The molecule has 2 fully saturated rings. The molecule has 1 saturated carbocycles. The Labute approximate surface area is 176 Å². The first-order chi connectivity index (χ1) is 14.2. The highest BCUT2D eigenvalue weighted by Gasteiger charge is 2.59. The van der Waals surface area contributed by atoms with E-state index in [4.69, 9.17) is 19.0 Å². The van der Waals surface area contributed by atoms with Crippen LogP contribution in [0.15, 0.2) is 17.9 Å². The number of aryl methyl sites for hydroxylation is 3. The van der Waals surface area contributed by atoms with Crippen molar-refractivity contribution in [3.8, 4) is 0 Å². The number of amides is 1. The molecule has 0 aromatic heterocycles. The van der Waals surface area contributed by atoms with Crippen LogP contribution < -0.4 is 0 Å². The fourth-order valence-corrected chi connectivity index (χ4v) is 5.32. The molecule has 2 spiro atoms. The molecule has 1 aliphatic carbocycles. The van der Waals surface area contributed by atoms with Crippen LogP contribution in [0.5, 0.6) is 0 Å². The Bertz CT molecular complexity index is 895. The smallest absolute Gasteiger partial charge is 0.307 e. The van der Waals surface area contributed by atoms with Crippen LogP contribution in [-0.4, -0.2) is 48.6 Å². The summed E-state index contributed by atoms with van der Waals surface area (Å²) in [5.74, 6) is -0.977. The predicted molar refractivity (Wildman–Crippen MR) is 109 cm³/mol. The Balaban J connectivity index is 1.87. The van der Waals surface area contributed by atoms with Crippen LogP contribution in [0.25, 0.3) is 5.57 Å². The molecular weight excluding hydrogens is 386 g/mol. The van der Waals surface area contributed by atoms with E-state index < -0.39 is 17.3 Å². The summed E-state index contributed by atoms with van der Waals surface area (Å²) in [6.45, 7) is 8.46. The second-order valence-electron chi connectivity index (χ2n) is 8.49. The molecule has 0 N–H and O–H groups in total. The van der Waals surface area contributed by atoms with Crippen molar-refractivity contribution in [3.63, 3.8) is 0 Å². The van der Waals surface area contributed by atoms with Crippen LogP contribution in [0.1, 0.15) is 54.9 Å². The number of nitrogens with zero attached hydrogens (tertiary/aromatic N) is 1. The lowest BCUT2D eigenvalue weighted by atomic mass is 9.77. The van der Waals surface area contributed by atoms with Crippen LogP contribution in [0.4, 0.5) is 0 Å². The molecule has 2 aliphatic heterocycles. The van der Waals surface area contributed by atoms with Gasteiger partial charge in [0, 0.05) is 19.8 Å². The van der Waals surface area contributed by atoms with Gasteiger partial charge in [-0.15, -0.1) is 0 Å². The number of rotatable bonds is 3. The SMILES string of the molecule is CON1C(=O)C(c2c(C)cc(C)cc2C)=C(OC(C)=O)C12CCC1(CC2)OCCO1. The lowest BCUT2D eigenvalue weighted by molar-refractivity contribution is -0.233. The molecule has 162 valence electrons. The van der Waals surface area contributed by atoms with Crippen LogP contribution >= 0.6 is 0 Å². The van der Waals surface area contributed by atoms with E-state index in [2.05, 4.69) is 0 Å². The van der Waals surface area contributed by atoms with Crippen molar-refractivity contribution >= 4 is 17.4 Å². The summed E-state index contributed by atoms with van der Waals surface area (Å²) in [6.07, 6.45) is 2.21. The average molecular weight is 415 g/mol. The van der Waals surface area contributed by atoms with E-state index in [1.54, 1.807) is 0 Å². The molecule has 2 heterocycles. The van der Waals surface area contributed by atoms with Gasteiger partial charge in [-0.2, -0.15) is 0 Å². The summed E-state index contributed by atoms with van der Waals surface area (Å²) in [7, 11) is 1.48. The standard InChI is InChI=1S/C23H29NO6/c1-14-12-15(2)18(16(3)13-14)19-20(30-17(4)25)22(24(27-5)21(19)26)6-8-23(9-7-22)28-10-11-29-23/h12-13H,6-11H2,1-5H3. The molecule has 0 atom stereocenters. The van der Waals surface area contributed by atoms with E-state index in [9.17, 15) is 9.59 Å². The molecule has 3 aliphatic rings. The lowest BCUT2D eigenvalue weighted by Gasteiger charge is -2.45. The quantitative estimate of drug-likeness (QED) is 0.705. The minimum Gasteiger partial charge on any atom is -0.428 e. The summed E-state index contributed by atoms with van der Waals surface area (Å²) < 4.78 is 17.5. The molecule has 1 aromatic rings. The highest BCUT2D eigenvalue weighted by atomic mass is 16.7. The van der Waals surface area contributed by atoms with Crippen LogP contribution in [-0.2, 0) is 28.6 Å². The van der Waals surface area contributed by atoms with Crippen molar-refractivity contribution in [1.82, 2.24) is 5.06 Å². The van der Waals surface area contributed by atoms with E-state index >= 15 is 0 Å². The number of hydroxylamine groups is 2. The largest absolute Gasteiger partial charge is 0.428 e. The maximum absolute atomic E-state index is 13.6. The number of benzene rings is 1. The van der Waals surface area contributed by atoms with Gasteiger partial charge < -0.3 is 14.2 Å². The number of carbonyl (C=O) groups is 2. The van der Waals surface area contributed by atoms with E-state index in [1.165, 1.54) is 19.1 Å². The van der Waals surface area contributed by atoms with Gasteiger partial charge in [0.2, 0.25) is 0 Å². The molecule has 1 amide bonds. The molecular formula is C23H29NO6.